The molecular weight excluding hydrogens is 515 g/mol. The first-order valence-electron chi connectivity index (χ1n) is 11.5. The number of carbonyl (C=O) groups excluding carboxylic acids is 1. The van der Waals surface area contributed by atoms with E-state index in [1.165, 1.54) is 36.9 Å². The lowest BCUT2D eigenvalue weighted by molar-refractivity contribution is -0.140. The molecule has 0 saturated carbocycles. The van der Waals surface area contributed by atoms with Crippen LogP contribution in [0.5, 0.6) is 5.88 Å². The number of benzene rings is 1. The standard InChI is InChI=1S/C23H25F5N8O2/c1-12(23(26,27)28)30-17-10-14(4-5-16(17)33-29)15-6-9-36-19(15)20(38-3)32-21(34-36)31-18-7-8-35(13(2)37)11-22(18,24)25/h4-6,9-10,12,18,29-30H,7-8,11H2,1-3H3,(H,31,34)/t12-,18+/m0/s1. The molecule has 1 fully saturated rings. The summed E-state index contributed by atoms with van der Waals surface area (Å²) in [6.45, 7) is 1.62. The molecule has 3 aromatic rings. The number of hydrogen-bond acceptors (Lipinski definition) is 8. The van der Waals surface area contributed by atoms with E-state index in [4.69, 9.17) is 10.3 Å². The second-order valence-corrected chi connectivity index (χ2v) is 8.91. The highest BCUT2D eigenvalue weighted by molar-refractivity contribution is 5.87. The third kappa shape index (κ3) is 5.31. The number of nitrogens with zero attached hydrogens (tertiary/aromatic N) is 5. The van der Waals surface area contributed by atoms with Gasteiger partial charge in [-0.3, -0.25) is 4.79 Å². The number of ether oxygens (including phenoxy) is 1. The van der Waals surface area contributed by atoms with E-state index >= 15 is 0 Å². The van der Waals surface area contributed by atoms with Crippen molar-refractivity contribution in [3.63, 3.8) is 0 Å². The molecule has 1 saturated heterocycles. The predicted molar refractivity (Wildman–Crippen MR) is 128 cm³/mol. The van der Waals surface area contributed by atoms with Gasteiger partial charge in [0.05, 0.1) is 25.4 Å². The van der Waals surface area contributed by atoms with E-state index < -0.39 is 36.6 Å². The van der Waals surface area contributed by atoms with E-state index in [0.717, 1.165) is 11.8 Å². The number of likely N-dealkylation sites (tertiary alicyclic amines) is 1. The maximum atomic E-state index is 14.7. The molecule has 10 nitrogen and oxygen atoms in total. The highest BCUT2D eigenvalue weighted by atomic mass is 19.4. The number of fused-ring (bicyclic) bond motifs is 1. The van der Waals surface area contributed by atoms with E-state index in [9.17, 15) is 26.7 Å². The molecular formula is C23H25F5N8O2. The highest BCUT2D eigenvalue weighted by Gasteiger charge is 2.46. The van der Waals surface area contributed by atoms with Crippen molar-refractivity contribution in [2.75, 3.05) is 30.8 Å². The molecule has 15 heteroatoms. The Bertz CT molecular complexity index is 1360. The van der Waals surface area contributed by atoms with E-state index in [1.54, 1.807) is 12.1 Å². The fourth-order valence-corrected chi connectivity index (χ4v) is 4.20. The summed E-state index contributed by atoms with van der Waals surface area (Å²) < 4.78 is 75.5. The van der Waals surface area contributed by atoms with Gasteiger partial charge in [0, 0.05) is 25.2 Å². The number of piperidine rings is 1. The van der Waals surface area contributed by atoms with Gasteiger partial charge in [0.2, 0.25) is 17.7 Å². The second-order valence-electron chi connectivity index (χ2n) is 8.91. The Morgan fingerprint density at radius 2 is 2.05 bits per heavy atom. The molecule has 0 aliphatic carbocycles. The van der Waals surface area contributed by atoms with E-state index in [1.807, 2.05) is 0 Å². The van der Waals surface area contributed by atoms with Crippen molar-refractivity contribution in [2.24, 2.45) is 5.11 Å². The van der Waals surface area contributed by atoms with Gasteiger partial charge in [0.25, 0.3) is 5.92 Å². The number of hydrogen-bond donors (Lipinski definition) is 3. The van der Waals surface area contributed by atoms with Crippen molar-refractivity contribution < 1.29 is 31.5 Å². The SMILES string of the molecule is COc1nc(N[C@@H]2CCN(C(C)=O)CC2(F)F)nn2ccc(-c3ccc(N=N)c(N[C@@H](C)C(F)(F)F)c3)c12. The van der Waals surface area contributed by atoms with Crippen LogP contribution in [0.3, 0.4) is 0 Å². The minimum atomic E-state index is -4.52. The molecule has 4 rings (SSSR count). The minimum absolute atomic E-state index is 0.000943. The molecule has 1 amide bonds. The number of alkyl halides is 5. The Kier molecular flexibility index (Phi) is 7.12. The van der Waals surface area contributed by atoms with Gasteiger partial charge >= 0.3 is 6.18 Å². The minimum Gasteiger partial charge on any atom is -0.479 e. The molecule has 0 unspecified atom stereocenters. The number of rotatable bonds is 7. The normalized spacial score (nSPS) is 18.2. The second kappa shape index (κ2) is 10.0. The number of anilines is 2. The molecule has 0 bridgehead atoms. The summed E-state index contributed by atoms with van der Waals surface area (Å²) in [5.41, 5.74) is 8.61. The molecule has 3 heterocycles. The number of halogens is 5. The van der Waals surface area contributed by atoms with Crippen molar-refractivity contribution in [2.45, 2.75) is 44.5 Å². The van der Waals surface area contributed by atoms with Crippen LogP contribution in [0.4, 0.5) is 39.3 Å². The summed E-state index contributed by atoms with van der Waals surface area (Å²) in [5, 5.41) is 12.5. The van der Waals surface area contributed by atoms with Gasteiger partial charge in [0.1, 0.15) is 17.2 Å². The Morgan fingerprint density at radius 1 is 1.32 bits per heavy atom. The molecule has 204 valence electrons. The lowest BCUT2D eigenvalue weighted by Gasteiger charge is -2.38. The third-order valence-electron chi connectivity index (χ3n) is 6.31. The summed E-state index contributed by atoms with van der Waals surface area (Å²) in [4.78, 5) is 16.8. The van der Waals surface area contributed by atoms with Crippen LogP contribution in [-0.2, 0) is 4.79 Å². The largest absolute Gasteiger partial charge is 0.479 e. The molecule has 1 aliphatic heterocycles. The Labute approximate surface area is 213 Å². The van der Waals surface area contributed by atoms with E-state index in [0.29, 0.717) is 16.6 Å². The van der Waals surface area contributed by atoms with Gasteiger partial charge in [-0.15, -0.1) is 5.10 Å². The first-order valence-corrected chi connectivity index (χ1v) is 11.5. The Hall–Kier alpha value is -4.04. The molecule has 2 atom stereocenters. The summed E-state index contributed by atoms with van der Waals surface area (Å²) in [6, 6.07) is 2.80. The van der Waals surface area contributed by atoms with Crippen molar-refractivity contribution in [1.82, 2.24) is 19.5 Å². The molecule has 38 heavy (non-hydrogen) atoms. The Balaban J connectivity index is 1.67. The number of methoxy groups -OCH3 is 1. The summed E-state index contributed by atoms with van der Waals surface area (Å²) in [7, 11) is 1.34. The van der Waals surface area contributed by atoms with Crippen molar-refractivity contribution in [3.8, 4) is 17.0 Å². The maximum absolute atomic E-state index is 14.7. The maximum Gasteiger partial charge on any atom is 0.408 e. The van der Waals surface area contributed by atoms with Crippen LogP contribution in [0, 0.1) is 5.53 Å². The number of carbonyl (C=O) groups is 1. The fraction of sp³-hybridized carbons (Fsp3) is 0.435. The topological polar surface area (TPSA) is 120 Å². The van der Waals surface area contributed by atoms with Crippen LogP contribution in [-0.4, -0.2) is 69.8 Å². The van der Waals surface area contributed by atoms with Crippen LogP contribution in [0.15, 0.2) is 35.6 Å². The average Bonchev–Trinajstić information content (AvgIpc) is 3.28. The Morgan fingerprint density at radius 3 is 2.66 bits per heavy atom. The molecule has 2 aromatic heterocycles. The fourth-order valence-electron chi connectivity index (χ4n) is 4.20. The quantitative estimate of drug-likeness (QED) is 0.283. The van der Waals surface area contributed by atoms with Gasteiger partial charge in [-0.05, 0) is 37.1 Å². The average molecular weight is 540 g/mol. The van der Waals surface area contributed by atoms with Crippen LogP contribution in [0.1, 0.15) is 20.3 Å². The van der Waals surface area contributed by atoms with Crippen molar-refractivity contribution in [3.05, 3.63) is 30.5 Å². The molecule has 0 spiro atoms. The smallest absolute Gasteiger partial charge is 0.408 e. The number of nitrogens with one attached hydrogen (secondary N) is 3. The van der Waals surface area contributed by atoms with Gasteiger partial charge in [-0.25, -0.2) is 18.8 Å². The molecule has 0 radical (unpaired) electrons. The predicted octanol–water partition coefficient (Wildman–Crippen LogP) is 5.10. The molecule has 3 N–H and O–H groups in total. The van der Waals surface area contributed by atoms with Crippen LogP contribution in [0.25, 0.3) is 16.6 Å². The highest BCUT2D eigenvalue weighted by Crippen LogP contribution is 2.37. The van der Waals surface area contributed by atoms with Crippen molar-refractivity contribution >= 4 is 28.7 Å². The summed E-state index contributed by atoms with van der Waals surface area (Å²) in [5.74, 6) is -3.74. The summed E-state index contributed by atoms with van der Waals surface area (Å²) >= 11 is 0. The van der Waals surface area contributed by atoms with Crippen LogP contribution < -0.4 is 15.4 Å². The van der Waals surface area contributed by atoms with Gasteiger partial charge in [-0.2, -0.15) is 23.3 Å². The zero-order valence-corrected chi connectivity index (χ0v) is 20.6. The first-order chi connectivity index (χ1) is 17.8. The molecule has 1 aliphatic rings. The van der Waals surface area contributed by atoms with E-state index in [2.05, 4.69) is 25.8 Å². The van der Waals surface area contributed by atoms with Crippen LogP contribution >= 0.6 is 0 Å². The number of amides is 1. The monoisotopic (exact) mass is 540 g/mol. The number of aromatic nitrogens is 3. The zero-order chi connectivity index (χ0) is 27.8. The lowest BCUT2D eigenvalue weighted by atomic mass is 10.0. The molecule has 1 aromatic carbocycles. The van der Waals surface area contributed by atoms with Gasteiger partial charge < -0.3 is 20.3 Å². The van der Waals surface area contributed by atoms with E-state index in [-0.39, 0.29) is 36.2 Å². The third-order valence-corrected chi connectivity index (χ3v) is 6.31. The summed E-state index contributed by atoms with van der Waals surface area (Å²) in [6.07, 6.45) is -3.00. The van der Waals surface area contributed by atoms with Gasteiger partial charge in [-0.1, -0.05) is 6.07 Å². The first kappa shape index (κ1) is 27.0. The van der Waals surface area contributed by atoms with Crippen molar-refractivity contribution in [1.29, 1.82) is 5.53 Å². The van der Waals surface area contributed by atoms with Gasteiger partial charge in [0.15, 0.2) is 0 Å². The zero-order valence-electron chi connectivity index (χ0n) is 20.6. The lowest BCUT2D eigenvalue weighted by Crippen LogP contribution is -2.55. The van der Waals surface area contributed by atoms with Crippen LogP contribution in [0.2, 0.25) is 0 Å².